The molecule has 2 aromatic carbocycles. The molecule has 0 radical (unpaired) electrons. The summed E-state index contributed by atoms with van der Waals surface area (Å²) in [5.74, 6) is 0.303. The quantitative estimate of drug-likeness (QED) is 0.710. The molecule has 0 fully saturated rings. The first kappa shape index (κ1) is 18.0. The summed E-state index contributed by atoms with van der Waals surface area (Å²) in [6.07, 6.45) is 3.32. The van der Waals surface area contributed by atoms with Crippen molar-refractivity contribution in [3.8, 4) is 5.75 Å². The van der Waals surface area contributed by atoms with Crippen LogP contribution >= 0.6 is 0 Å². The SMILES string of the molecule is CC(C)Oc1ccccc1/C=C1/CCc2c1oc1ccc(C(=O)O)cc1c2=O. The van der Waals surface area contributed by atoms with E-state index in [2.05, 4.69) is 0 Å². The molecule has 0 spiro atoms. The van der Waals surface area contributed by atoms with Gasteiger partial charge in [-0.15, -0.1) is 0 Å². The fraction of sp³-hybridized carbons (Fsp3) is 0.217. The molecule has 0 atom stereocenters. The maximum atomic E-state index is 12.9. The average molecular weight is 376 g/mol. The van der Waals surface area contributed by atoms with Gasteiger partial charge >= 0.3 is 5.97 Å². The molecule has 28 heavy (non-hydrogen) atoms. The number of allylic oxidation sites excluding steroid dienone is 1. The number of carboxylic acids is 1. The third-order valence-corrected chi connectivity index (χ3v) is 4.78. The van der Waals surface area contributed by atoms with Gasteiger partial charge in [0.05, 0.1) is 17.1 Å². The van der Waals surface area contributed by atoms with Crippen molar-refractivity contribution in [1.29, 1.82) is 0 Å². The lowest BCUT2D eigenvalue weighted by Crippen LogP contribution is -2.09. The molecular formula is C23H20O5. The Kier molecular flexibility index (Phi) is 4.51. The van der Waals surface area contributed by atoms with E-state index in [0.717, 1.165) is 16.9 Å². The Labute approximate surface area is 161 Å². The van der Waals surface area contributed by atoms with Crippen LogP contribution in [0.5, 0.6) is 5.75 Å². The molecule has 0 bridgehead atoms. The minimum Gasteiger partial charge on any atom is -0.490 e. The highest BCUT2D eigenvalue weighted by Crippen LogP contribution is 2.35. The van der Waals surface area contributed by atoms with Crippen molar-refractivity contribution in [2.75, 3.05) is 0 Å². The van der Waals surface area contributed by atoms with Crippen molar-refractivity contribution < 1.29 is 19.1 Å². The fourth-order valence-corrected chi connectivity index (χ4v) is 3.51. The Morgan fingerprint density at radius 1 is 1.18 bits per heavy atom. The Balaban J connectivity index is 1.83. The summed E-state index contributed by atoms with van der Waals surface area (Å²) in [4.78, 5) is 24.1. The van der Waals surface area contributed by atoms with Gasteiger partial charge in [0.2, 0.25) is 0 Å². The number of carboxylic acid groups (broad SMARTS) is 1. The molecule has 5 nitrogen and oxygen atoms in total. The third-order valence-electron chi connectivity index (χ3n) is 4.78. The van der Waals surface area contributed by atoms with Gasteiger partial charge in [-0.2, -0.15) is 0 Å². The lowest BCUT2D eigenvalue weighted by atomic mass is 10.1. The van der Waals surface area contributed by atoms with Crippen LogP contribution < -0.4 is 10.2 Å². The summed E-state index contributed by atoms with van der Waals surface area (Å²) in [5.41, 5.74) is 2.79. The molecule has 0 saturated heterocycles. The van der Waals surface area contributed by atoms with Crippen LogP contribution in [0.15, 0.2) is 51.7 Å². The first-order valence-electron chi connectivity index (χ1n) is 9.23. The van der Waals surface area contributed by atoms with Crippen LogP contribution in [0.25, 0.3) is 22.6 Å². The van der Waals surface area contributed by atoms with Crippen LogP contribution in [-0.2, 0) is 6.42 Å². The Morgan fingerprint density at radius 2 is 1.96 bits per heavy atom. The minimum atomic E-state index is -1.07. The number of rotatable bonds is 4. The zero-order valence-corrected chi connectivity index (χ0v) is 15.7. The standard InChI is InChI=1S/C23H20O5/c1-13(2)27-19-6-4-3-5-14(19)11-15-7-9-17-21(24)18-12-16(23(25)26)8-10-20(18)28-22(15)17/h3-6,8,10-13H,7,9H2,1-2H3,(H,25,26)/b15-11-. The van der Waals surface area contributed by atoms with E-state index >= 15 is 0 Å². The van der Waals surface area contributed by atoms with Crippen molar-refractivity contribution in [2.24, 2.45) is 0 Å². The monoisotopic (exact) mass is 376 g/mol. The molecule has 0 saturated carbocycles. The van der Waals surface area contributed by atoms with Crippen molar-refractivity contribution in [3.63, 3.8) is 0 Å². The van der Waals surface area contributed by atoms with Gasteiger partial charge in [-0.3, -0.25) is 4.79 Å². The van der Waals surface area contributed by atoms with E-state index in [1.54, 1.807) is 6.07 Å². The maximum absolute atomic E-state index is 12.9. The summed E-state index contributed by atoms with van der Waals surface area (Å²) in [6.45, 7) is 3.96. The summed E-state index contributed by atoms with van der Waals surface area (Å²) >= 11 is 0. The molecule has 4 rings (SSSR count). The summed E-state index contributed by atoms with van der Waals surface area (Å²) in [5, 5.41) is 9.48. The number of hydrogen-bond donors (Lipinski definition) is 1. The molecule has 0 amide bonds. The van der Waals surface area contributed by atoms with Crippen molar-refractivity contribution in [3.05, 3.63) is 75.1 Å². The van der Waals surface area contributed by atoms with E-state index in [0.29, 0.717) is 35.1 Å². The first-order valence-corrected chi connectivity index (χ1v) is 9.23. The minimum absolute atomic E-state index is 0.0562. The summed E-state index contributed by atoms with van der Waals surface area (Å²) in [7, 11) is 0. The van der Waals surface area contributed by atoms with Gasteiger partial charge in [0.25, 0.3) is 0 Å². The second-order valence-corrected chi connectivity index (χ2v) is 7.13. The van der Waals surface area contributed by atoms with E-state index in [9.17, 15) is 9.59 Å². The van der Waals surface area contributed by atoms with Crippen molar-refractivity contribution >= 4 is 28.6 Å². The van der Waals surface area contributed by atoms with E-state index in [1.165, 1.54) is 12.1 Å². The molecule has 1 aliphatic rings. The zero-order valence-electron chi connectivity index (χ0n) is 15.7. The molecular weight excluding hydrogens is 356 g/mol. The molecule has 3 aromatic rings. The van der Waals surface area contributed by atoms with Gasteiger partial charge in [-0.1, -0.05) is 18.2 Å². The number of ether oxygens (including phenoxy) is 1. The third kappa shape index (κ3) is 3.20. The predicted molar refractivity (Wildman–Crippen MR) is 108 cm³/mol. The molecule has 142 valence electrons. The van der Waals surface area contributed by atoms with Crippen molar-refractivity contribution in [2.45, 2.75) is 32.8 Å². The van der Waals surface area contributed by atoms with E-state index in [-0.39, 0.29) is 17.1 Å². The molecule has 1 N–H and O–H groups in total. The van der Waals surface area contributed by atoms with Gasteiger partial charge in [0.15, 0.2) is 5.43 Å². The summed E-state index contributed by atoms with van der Waals surface area (Å²) < 4.78 is 11.9. The van der Waals surface area contributed by atoms with Crippen LogP contribution in [0.3, 0.4) is 0 Å². The highest BCUT2D eigenvalue weighted by atomic mass is 16.5. The second-order valence-electron chi connectivity index (χ2n) is 7.13. The van der Waals surface area contributed by atoms with Crippen LogP contribution in [0.2, 0.25) is 0 Å². The fourth-order valence-electron chi connectivity index (χ4n) is 3.51. The number of benzene rings is 2. The highest BCUT2D eigenvalue weighted by molar-refractivity contribution is 5.94. The number of para-hydroxylation sites is 1. The van der Waals surface area contributed by atoms with E-state index in [1.807, 2.05) is 44.2 Å². The van der Waals surface area contributed by atoms with Gasteiger partial charge in [-0.05, 0) is 62.6 Å². The average Bonchev–Trinajstić information content (AvgIpc) is 3.06. The smallest absolute Gasteiger partial charge is 0.335 e. The topological polar surface area (TPSA) is 76.7 Å². The van der Waals surface area contributed by atoms with Crippen LogP contribution in [0, 0.1) is 0 Å². The Hall–Kier alpha value is -3.34. The van der Waals surface area contributed by atoms with Crippen LogP contribution in [-0.4, -0.2) is 17.2 Å². The molecule has 0 unspecified atom stereocenters. The largest absolute Gasteiger partial charge is 0.490 e. The first-order chi connectivity index (χ1) is 13.4. The Bertz CT molecular complexity index is 1170. The molecule has 1 heterocycles. The van der Waals surface area contributed by atoms with Crippen LogP contribution in [0.4, 0.5) is 0 Å². The van der Waals surface area contributed by atoms with E-state index < -0.39 is 5.97 Å². The van der Waals surface area contributed by atoms with Crippen molar-refractivity contribution in [1.82, 2.24) is 0 Å². The number of aromatic carboxylic acids is 1. The van der Waals surface area contributed by atoms with Crippen LogP contribution in [0.1, 0.15) is 47.5 Å². The zero-order chi connectivity index (χ0) is 19.8. The summed E-state index contributed by atoms with van der Waals surface area (Å²) in [6, 6.07) is 12.1. The Morgan fingerprint density at radius 3 is 2.71 bits per heavy atom. The second kappa shape index (κ2) is 7.00. The molecule has 0 aliphatic heterocycles. The number of fused-ring (bicyclic) bond motifs is 2. The lowest BCUT2D eigenvalue weighted by molar-refractivity contribution is 0.0697. The normalized spacial score (nSPS) is 14.6. The van der Waals surface area contributed by atoms with Gasteiger partial charge in [-0.25, -0.2) is 4.79 Å². The molecule has 1 aliphatic carbocycles. The lowest BCUT2D eigenvalue weighted by Gasteiger charge is -2.12. The number of carbonyl (C=O) groups is 1. The predicted octanol–water partition coefficient (Wildman–Crippen LogP) is 4.77. The molecule has 5 heteroatoms. The van der Waals surface area contributed by atoms with Gasteiger partial charge in [0, 0.05) is 11.1 Å². The highest BCUT2D eigenvalue weighted by Gasteiger charge is 2.24. The van der Waals surface area contributed by atoms with Gasteiger partial charge in [0.1, 0.15) is 17.1 Å². The molecule has 1 aromatic heterocycles. The number of hydrogen-bond acceptors (Lipinski definition) is 4. The van der Waals surface area contributed by atoms with E-state index in [4.69, 9.17) is 14.3 Å². The maximum Gasteiger partial charge on any atom is 0.335 e. The van der Waals surface area contributed by atoms with Gasteiger partial charge < -0.3 is 14.3 Å².